The van der Waals surface area contributed by atoms with E-state index in [1.54, 1.807) is 18.2 Å². The first-order chi connectivity index (χ1) is 13.6. The second kappa shape index (κ2) is 7.35. The van der Waals surface area contributed by atoms with E-state index in [1.807, 2.05) is 30.3 Å². The molecule has 3 aromatic carbocycles. The van der Waals surface area contributed by atoms with Crippen LogP contribution < -0.4 is 9.80 Å². The normalized spacial score (nSPS) is 14.5. The molecule has 1 aliphatic heterocycles. The fourth-order valence-corrected chi connectivity index (χ4v) is 4.06. The molecule has 5 heteroatoms. The average Bonchev–Trinajstić information content (AvgIpc) is 3.13. The van der Waals surface area contributed by atoms with Crippen LogP contribution in [0.15, 0.2) is 72.8 Å². The van der Waals surface area contributed by atoms with E-state index in [2.05, 4.69) is 47.9 Å². The predicted molar refractivity (Wildman–Crippen MR) is 113 cm³/mol. The third kappa shape index (κ3) is 3.20. The quantitative estimate of drug-likeness (QED) is 0.464. The fraction of sp³-hybridized carbons (Fsp3) is 0.217. The van der Waals surface area contributed by atoms with Crippen molar-refractivity contribution in [2.24, 2.45) is 0 Å². The van der Waals surface area contributed by atoms with Gasteiger partial charge in [-0.25, -0.2) is 0 Å². The van der Waals surface area contributed by atoms with Crippen molar-refractivity contribution in [3.8, 4) is 0 Å². The third-order valence-electron chi connectivity index (χ3n) is 5.40. The second-order valence-corrected chi connectivity index (χ2v) is 7.19. The van der Waals surface area contributed by atoms with Gasteiger partial charge >= 0.3 is 0 Å². The predicted octanol–water partition coefficient (Wildman–Crippen LogP) is 5.24. The largest absolute Gasteiger partial charge is 0.345 e. The number of nitro groups is 1. The summed E-state index contributed by atoms with van der Waals surface area (Å²) in [5.41, 5.74) is 5.77. The number of nitro benzene ring substituents is 1. The Kier molecular flexibility index (Phi) is 4.74. The van der Waals surface area contributed by atoms with Crippen LogP contribution in [0.3, 0.4) is 0 Å². The Morgan fingerprint density at radius 3 is 1.86 bits per heavy atom. The Bertz CT molecular complexity index is 964. The molecular formula is C23H23N3O2. The first-order valence-corrected chi connectivity index (χ1v) is 9.45. The number of para-hydroxylation sites is 2. The molecule has 0 saturated carbocycles. The van der Waals surface area contributed by atoms with Crippen LogP contribution in [0.2, 0.25) is 0 Å². The van der Waals surface area contributed by atoms with E-state index in [1.165, 1.54) is 11.1 Å². The Morgan fingerprint density at radius 2 is 1.36 bits per heavy atom. The molecule has 4 rings (SSSR count). The van der Waals surface area contributed by atoms with Crippen molar-refractivity contribution in [3.63, 3.8) is 0 Å². The summed E-state index contributed by atoms with van der Waals surface area (Å²) in [5.74, 6) is 0. The zero-order chi connectivity index (χ0) is 19.7. The first-order valence-electron chi connectivity index (χ1n) is 9.45. The Labute approximate surface area is 165 Å². The van der Waals surface area contributed by atoms with Crippen molar-refractivity contribution in [2.75, 3.05) is 22.9 Å². The van der Waals surface area contributed by atoms with E-state index >= 15 is 0 Å². The van der Waals surface area contributed by atoms with Crippen LogP contribution in [0.5, 0.6) is 0 Å². The zero-order valence-electron chi connectivity index (χ0n) is 16.1. The molecule has 0 radical (unpaired) electrons. The summed E-state index contributed by atoms with van der Waals surface area (Å²) in [7, 11) is 0. The number of rotatable bonds is 4. The minimum atomic E-state index is -0.325. The number of hydrogen-bond donors (Lipinski definition) is 0. The molecule has 5 nitrogen and oxygen atoms in total. The molecule has 0 amide bonds. The van der Waals surface area contributed by atoms with Crippen molar-refractivity contribution in [1.29, 1.82) is 0 Å². The minimum absolute atomic E-state index is 0.0953. The molecule has 0 atom stereocenters. The summed E-state index contributed by atoms with van der Waals surface area (Å²) < 4.78 is 0. The Balaban J connectivity index is 1.85. The van der Waals surface area contributed by atoms with Gasteiger partial charge in [0.25, 0.3) is 5.69 Å². The molecule has 1 fully saturated rings. The van der Waals surface area contributed by atoms with Crippen LogP contribution in [0, 0.1) is 24.0 Å². The van der Waals surface area contributed by atoms with Crippen molar-refractivity contribution in [3.05, 3.63) is 99.6 Å². The van der Waals surface area contributed by atoms with Gasteiger partial charge in [0.2, 0.25) is 0 Å². The summed E-state index contributed by atoms with van der Waals surface area (Å²) in [6, 6.07) is 23.6. The van der Waals surface area contributed by atoms with Crippen molar-refractivity contribution < 1.29 is 4.92 Å². The van der Waals surface area contributed by atoms with Crippen LogP contribution in [-0.4, -0.2) is 18.0 Å². The van der Waals surface area contributed by atoms with Crippen LogP contribution in [-0.2, 0) is 0 Å². The lowest BCUT2D eigenvalue weighted by Gasteiger charge is -2.34. The molecule has 0 unspecified atom stereocenters. The molecule has 0 bridgehead atoms. The molecular weight excluding hydrogens is 350 g/mol. The summed E-state index contributed by atoms with van der Waals surface area (Å²) in [4.78, 5) is 15.7. The van der Waals surface area contributed by atoms with Crippen LogP contribution in [0.1, 0.15) is 22.9 Å². The smallest absolute Gasteiger partial charge is 0.269 e. The second-order valence-electron chi connectivity index (χ2n) is 7.19. The number of nitrogens with zero attached hydrogens (tertiary/aromatic N) is 3. The van der Waals surface area contributed by atoms with Crippen molar-refractivity contribution in [1.82, 2.24) is 0 Å². The lowest BCUT2D eigenvalue weighted by molar-refractivity contribution is -0.384. The molecule has 142 valence electrons. The summed E-state index contributed by atoms with van der Waals surface area (Å²) in [5, 5.41) is 11.4. The number of anilines is 2. The highest BCUT2D eigenvalue weighted by molar-refractivity contribution is 5.64. The van der Waals surface area contributed by atoms with E-state index in [4.69, 9.17) is 0 Å². The van der Waals surface area contributed by atoms with E-state index in [9.17, 15) is 10.1 Å². The molecule has 0 aromatic heterocycles. The van der Waals surface area contributed by atoms with E-state index < -0.39 is 0 Å². The molecule has 0 aliphatic carbocycles. The first kappa shape index (κ1) is 18.0. The van der Waals surface area contributed by atoms with Gasteiger partial charge in [-0.15, -0.1) is 0 Å². The highest BCUT2D eigenvalue weighted by Gasteiger charge is 2.35. The Hall–Kier alpha value is -3.34. The van der Waals surface area contributed by atoms with E-state index in [-0.39, 0.29) is 16.8 Å². The lowest BCUT2D eigenvalue weighted by Crippen LogP contribution is -2.31. The topological polar surface area (TPSA) is 49.6 Å². The molecule has 1 saturated heterocycles. The van der Waals surface area contributed by atoms with Crippen molar-refractivity contribution >= 4 is 17.1 Å². The molecule has 0 N–H and O–H groups in total. The molecule has 3 aromatic rings. The monoisotopic (exact) mass is 373 g/mol. The Morgan fingerprint density at radius 1 is 0.821 bits per heavy atom. The summed E-state index contributed by atoms with van der Waals surface area (Å²) in [6.45, 7) is 5.92. The highest BCUT2D eigenvalue weighted by Crippen LogP contribution is 2.40. The average molecular weight is 373 g/mol. The maximum absolute atomic E-state index is 11.4. The maximum atomic E-state index is 11.4. The number of hydrogen-bond acceptors (Lipinski definition) is 4. The van der Waals surface area contributed by atoms with Gasteiger partial charge in [0.05, 0.1) is 4.92 Å². The number of non-ortho nitro benzene ring substituents is 1. The molecule has 28 heavy (non-hydrogen) atoms. The molecule has 0 spiro atoms. The van der Waals surface area contributed by atoms with Gasteiger partial charge < -0.3 is 9.80 Å². The van der Waals surface area contributed by atoms with Crippen molar-refractivity contribution in [2.45, 2.75) is 20.0 Å². The van der Waals surface area contributed by atoms with Gasteiger partial charge in [0, 0.05) is 42.2 Å². The summed E-state index contributed by atoms with van der Waals surface area (Å²) >= 11 is 0. The number of benzene rings is 3. The van der Waals surface area contributed by atoms with Crippen LogP contribution >= 0.6 is 0 Å². The fourth-order valence-electron chi connectivity index (χ4n) is 4.06. The number of aryl methyl sites for hydroxylation is 2. The van der Waals surface area contributed by atoms with Crippen LogP contribution in [0.4, 0.5) is 17.1 Å². The summed E-state index contributed by atoms with van der Waals surface area (Å²) in [6.07, 6.45) is -0.0953. The van der Waals surface area contributed by atoms with Gasteiger partial charge in [-0.3, -0.25) is 10.1 Å². The molecule has 1 heterocycles. The van der Waals surface area contributed by atoms with Gasteiger partial charge in [-0.05, 0) is 37.1 Å². The van der Waals surface area contributed by atoms with E-state index in [0.717, 1.165) is 30.0 Å². The highest BCUT2D eigenvalue weighted by atomic mass is 16.6. The van der Waals surface area contributed by atoms with Crippen LogP contribution in [0.25, 0.3) is 0 Å². The standard InChI is InChI=1S/C23H23N3O2/c1-17-8-3-5-12-21(17)24-14-15-25(22-13-6-4-9-18(22)2)23(24)19-10-7-11-20(16-19)26(27)28/h3-13,16,23H,14-15H2,1-2H3. The van der Waals surface area contributed by atoms with Gasteiger partial charge in [-0.1, -0.05) is 48.5 Å². The van der Waals surface area contributed by atoms with Gasteiger partial charge in [0.1, 0.15) is 6.17 Å². The lowest BCUT2D eigenvalue weighted by atomic mass is 10.1. The zero-order valence-corrected chi connectivity index (χ0v) is 16.1. The minimum Gasteiger partial charge on any atom is -0.345 e. The van der Waals surface area contributed by atoms with Gasteiger partial charge in [0.15, 0.2) is 0 Å². The maximum Gasteiger partial charge on any atom is 0.269 e. The third-order valence-corrected chi connectivity index (χ3v) is 5.40. The van der Waals surface area contributed by atoms with E-state index in [0.29, 0.717) is 0 Å². The SMILES string of the molecule is Cc1ccccc1N1CCN(c2ccccc2C)C1c1cccc([N+](=O)[O-])c1. The molecule has 1 aliphatic rings. The van der Waals surface area contributed by atoms with Gasteiger partial charge in [-0.2, -0.15) is 0 Å².